The lowest BCUT2D eigenvalue weighted by atomic mass is 10.1. The molecule has 0 aliphatic rings. The highest BCUT2D eigenvalue weighted by Crippen LogP contribution is 2.14. The van der Waals surface area contributed by atoms with Crippen LogP contribution in [-0.2, 0) is 6.42 Å². The molecule has 0 saturated carbocycles. The van der Waals surface area contributed by atoms with Gasteiger partial charge in [-0.05, 0) is 55.5 Å². The van der Waals surface area contributed by atoms with Gasteiger partial charge in [0.05, 0.1) is 13.2 Å². The average molecular weight is 300 g/mol. The van der Waals surface area contributed by atoms with E-state index in [9.17, 15) is 0 Å². The zero-order valence-electron chi connectivity index (χ0n) is 12.9. The van der Waals surface area contributed by atoms with Gasteiger partial charge in [-0.15, -0.1) is 0 Å². The summed E-state index contributed by atoms with van der Waals surface area (Å²) in [4.78, 5) is 0. The molecular formula is C19H24O3. The predicted octanol–water partition coefficient (Wildman–Crippen LogP) is 3.85. The van der Waals surface area contributed by atoms with Crippen molar-refractivity contribution in [3.8, 4) is 11.5 Å². The minimum atomic E-state index is 0.0484. The van der Waals surface area contributed by atoms with Crippen molar-refractivity contribution in [2.45, 2.75) is 25.7 Å². The lowest BCUT2D eigenvalue weighted by molar-refractivity contribution is 0.201. The lowest BCUT2D eigenvalue weighted by Crippen LogP contribution is -2.01. The van der Waals surface area contributed by atoms with Gasteiger partial charge in [0.15, 0.2) is 0 Å². The van der Waals surface area contributed by atoms with Gasteiger partial charge in [0.25, 0.3) is 0 Å². The molecule has 0 atom stereocenters. The van der Waals surface area contributed by atoms with Gasteiger partial charge >= 0.3 is 0 Å². The summed E-state index contributed by atoms with van der Waals surface area (Å²) in [6, 6.07) is 18.0. The molecule has 1 N–H and O–H groups in total. The molecule has 2 aromatic rings. The lowest BCUT2D eigenvalue weighted by Gasteiger charge is -2.07. The molecule has 0 fully saturated rings. The van der Waals surface area contributed by atoms with Crippen LogP contribution in [0, 0.1) is 0 Å². The minimum Gasteiger partial charge on any atom is -0.494 e. The number of aliphatic hydroxyl groups excluding tert-OH is 1. The summed E-state index contributed by atoms with van der Waals surface area (Å²) in [5.41, 5.74) is 1.32. The first-order valence-corrected chi connectivity index (χ1v) is 7.89. The summed E-state index contributed by atoms with van der Waals surface area (Å²) in [5.74, 6) is 1.76. The van der Waals surface area contributed by atoms with Crippen LogP contribution in [0.3, 0.4) is 0 Å². The highest BCUT2D eigenvalue weighted by Gasteiger charge is 1.97. The Morgan fingerprint density at radius 2 is 1.36 bits per heavy atom. The van der Waals surface area contributed by atoms with Crippen molar-refractivity contribution in [2.24, 2.45) is 0 Å². The van der Waals surface area contributed by atoms with Crippen molar-refractivity contribution < 1.29 is 14.6 Å². The summed E-state index contributed by atoms with van der Waals surface area (Å²) in [5, 5.41) is 8.71. The van der Waals surface area contributed by atoms with Gasteiger partial charge in [-0.25, -0.2) is 0 Å². The number of unbranched alkanes of at least 4 members (excludes halogenated alkanes) is 2. The molecule has 2 rings (SSSR count). The van der Waals surface area contributed by atoms with E-state index < -0.39 is 0 Å². The maximum absolute atomic E-state index is 8.71. The number of hydrogen-bond donors (Lipinski definition) is 1. The third kappa shape index (κ3) is 6.19. The number of ether oxygens (including phenoxy) is 2. The van der Waals surface area contributed by atoms with Crippen LogP contribution in [0.25, 0.3) is 0 Å². The summed E-state index contributed by atoms with van der Waals surface area (Å²) >= 11 is 0. The monoisotopic (exact) mass is 300 g/mol. The molecule has 2 aromatic carbocycles. The van der Waals surface area contributed by atoms with Crippen molar-refractivity contribution in [3.05, 3.63) is 60.2 Å². The standard InChI is InChI=1S/C19H24O3/c20-14-16-22-19-12-10-17(11-13-19)7-3-2-6-15-21-18-8-4-1-5-9-18/h1,4-5,8-13,20H,2-3,6-7,14-16H2. The number of para-hydroxylation sites is 1. The third-order valence-electron chi connectivity index (χ3n) is 3.41. The Balaban J connectivity index is 1.56. The zero-order chi connectivity index (χ0) is 15.5. The largest absolute Gasteiger partial charge is 0.494 e. The molecule has 22 heavy (non-hydrogen) atoms. The molecule has 0 saturated heterocycles. The minimum absolute atomic E-state index is 0.0484. The second-order valence-corrected chi connectivity index (χ2v) is 5.19. The van der Waals surface area contributed by atoms with E-state index in [4.69, 9.17) is 14.6 Å². The van der Waals surface area contributed by atoms with Crippen LogP contribution in [-0.4, -0.2) is 24.9 Å². The molecule has 3 nitrogen and oxygen atoms in total. The number of benzene rings is 2. The smallest absolute Gasteiger partial charge is 0.119 e. The Morgan fingerprint density at radius 1 is 0.682 bits per heavy atom. The van der Waals surface area contributed by atoms with Crippen molar-refractivity contribution in [3.63, 3.8) is 0 Å². The van der Waals surface area contributed by atoms with E-state index in [-0.39, 0.29) is 6.61 Å². The number of hydrogen-bond acceptors (Lipinski definition) is 3. The first-order chi connectivity index (χ1) is 10.9. The molecule has 0 unspecified atom stereocenters. The van der Waals surface area contributed by atoms with Crippen molar-refractivity contribution in [2.75, 3.05) is 19.8 Å². The summed E-state index contributed by atoms with van der Waals surface area (Å²) in [6.45, 7) is 1.17. The van der Waals surface area contributed by atoms with Crippen molar-refractivity contribution in [1.82, 2.24) is 0 Å². The van der Waals surface area contributed by atoms with E-state index in [1.165, 1.54) is 5.56 Å². The van der Waals surface area contributed by atoms with E-state index in [0.717, 1.165) is 43.8 Å². The number of aliphatic hydroxyl groups is 1. The van der Waals surface area contributed by atoms with Crippen molar-refractivity contribution in [1.29, 1.82) is 0 Å². The van der Waals surface area contributed by atoms with Crippen LogP contribution in [0.5, 0.6) is 11.5 Å². The van der Waals surface area contributed by atoms with Crippen LogP contribution in [0.1, 0.15) is 24.8 Å². The van der Waals surface area contributed by atoms with Gasteiger partial charge in [0.2, 0.25) is 0 Å². The van der Waals surface area contributed by atoms with Crippen LogP contribution in [0.15, 0.2) is 54.6 Å². The molecule has 0 aliphatic carbocycles. The Labute approximate surface area is 132 Å². The molecule has 118 valence electrons. The van der Waals surface area contributed by atoms with E-state index in [1.807, 2.05) is 42.5 Å². The fourth-order valence-corrected chi connectivity index (χ4v) is 2.23. The highest BCUT2D eigenvalue weighted by atomic mass is 16.5. The van der Waals surface area contributed by atoms with Gasteiger partial charge in [-0.2, -0.15) is 0 Å². The predicted molar refractivity (Wildman–Crippen MR) is 88.5 cm³/mol. The Hall–Kier alpha value is -2.00. The van der Waals surface area contributed by atoms with E-state index in [1.54, 1.807) is 0 Å². The second-order valence-electron chi connectivity index (χ2n) is 5.19. The topological polar surface area (TPSA) is 38.7 Å². The Kier molecular flexibility index (Phi) is 7.33. The maximum atomic E-state index is 8.71. The SMILES string of the molecule is OCCOc1ccc(CCCCCOc2ccccc2)cc1. The summed E-state index contributed by atoms with van der Waals surface area (Å²) < 4.78 is 11.0. The number of rotatable bonds is 10. The van der Waals surface area contributed by atoms with E-state index >= 15 is 0 Å². The van der Waals surface area contributed by atoms with Gasteiger partial charge < -0.3 is 14.6 Å². The van der Waals surface area contributed by atoms with Gasteiger partial charge in [-0.3, -0.25) is 0 Å². The third-order valence-corrected chi connectivity index (χ3v) is 3.41. The Morgan fingerprint density at radius 3 is 2.09 bits per heavy atom. The molecule has 0 spiro atoms. The highest BCUT2D eigenvalue weighted by molar-refractivity contribution is 5.27. The molecule has 3 heteroatoms. The summed E-state index contributed by atoms with van der Waals surface area (Å²) in [6.07, 6.45) is 4.47. The fraction of sp³-hybridized carbons (Fsp3) is 0.368. The van der Waals surface area contributed by atoms with Crippen LogP contribution in [0.4, 0.5) is 0 Å². The van der Waals surface area contributed by atoms with E-state index in [2.05, 4.69) is 12.1 Å². The zero-order valence-corrected chi connectivity index (χ0v) is 12.9. The van der Waals surface area contributed by atoms with Crippen LogP contribution >= 0.6 is 0 Å². The normalized spacial score (nSPS) is 10.4. The maximum Gasteiger partial charge on any atom is 0.119 e. The quantitative estimate of drug-likeness (QED) is 0.677. The average Bonchev–Trinajstić information content (AvgIpc) is 2.58. The molecule has 0 aromatic heterocycles. The molecule has 0 bridgehead atoms. The molecule has 0 aliphatic heterocycles. The molecule has 0 heterocycles. The van der Waals surface area contributed by atoms with Gasteiger partial charge in [0, 0.05) is 0 Å². The first-order valence-electron chi connectivity index (χ1n) is 7.89. The molecule has 0 radical (unpaired) electrons. The van der Waals surface area contributed by atoms with Gasteiger partial charge in [-0.1, -0.05) is 30.3 Å². The second kappa shape index (κ2) is 9.85. The van der Waals surface area contributed by atoms with Crippen LogP contribution < -0.4 is 9.47 Å². The summed E-state index contributed by atoms with van der Waals surface area (Å²) in [7, 11) is 0. The Bertz CT molecular complexity index is 508. The van der Waals surface area contributed by atoms with Gasteiger partial charge in [0.1, 0.15) is 18.1 Å². The fourth-order valence-electron chi connectivity index (χ4n) is 2.23. The first kappa shape index (κ1) is 16.4. The number of aryl methyl sites for hydroxylation is 1. The van der Waals surface area contributed by atoms with Crippen LogP contribution in [0.2, 0.25) is 0 Å². The molecule has 0 amide bonds. The van der Waals surface area contributed by atoms with E-state index in [0.29, 0.717) is 6.61 Å². The van der Waals surface area contributed by atoms with Crippen molar-refractivity contribution >= 4 is 0 Å². The molecular weight excluding hydrogens is 276 g/mol.